The van der Waals surface area contributed by atoms with E-state index in [0.29, 0.717) is 10.0 Å². The first-order valence-electron chi connectivity index (χ1n) is 4.60. The molecule has 0 nitrogen and oxygen atoms in total. The van der Waals surface area contributed by atoms with Crippen LogP contribution in [0.15, 0.2) is 48.5 Å². The van der Waals surface area contributed by atoms with Crippen LogP contribution in [0.4, 0.5) is 0 Å². The molecule has 2 rings (SSSR count). The lowest BCUT2D eigenvalue weighted by Gasteiger charge is -2.02. The van der Waals surface area contributed by atoms with E-state index in [1.807, 2.05) is 42.5 Å². The fraction of sp³-hybridized carbons (Fsp3) is 0. The van der Waals surface area contributed by atoms with Crippen molar-refractivity contribution >= 4 is 23.2 Å². The zero-order valence-corrected chi connectivity index (χ0v) is 9.46. The molecule has 0 bridgehead atoms. The van der Waals surface area contributed by atoms with Crippen molar-refractivity contribution in [2.75, 3.05) is 0 Å². The minimum Gasteiger partial charge on any atom is -0.0827 e. The van der Waals surface area contributed by atoms with E-state index in [-0.39, 0.29) is 0 Å². The van der Waals surface area contributed by atoms with E-state index >= 15 is 0 Å². The maximum atomic E-state index is 5.93. The quantitative estimate of drug-likeness (QED) is 0.715. The normalized spacial score (nSPS) is 10.3. The summed E-state index contributed by atoms with van der Waals surface area (Å²) in [6, 6.07) is 15.7. The molecule has 0 aliphatic carbocycles. The van der Waals surface area contributed by atoms with Crippen LogP contribution < -0.4 is 0 Å². The molecule has 0 atom stereocenters. The summed E-state index contributed by atoms with van der Waals surface area (Å²) in [5.74, 6) is 0. The Labute approximate surface area is 99.5 Å². The smallest absolute Gasteiger partial charge is 0.0595 e. The van der Waals surface area contributed by atoms with Crippen LogP contribution in [-0.2, 0) is 0 Å². The molecule has 0 amide bonds. The molecular weight excluding hydrogens is 227 g/mol. The second kappa shape index (κ2) is 4.69. The fourth-order valence-electron chi connectivity index (χ4n) is 1.34. The van der Waals surface area contributed by atoms with Gasteiger partial charge >= 0.3 is 0 Å². The summed E-state index contributed by atoms with van der Waals surface area (Å²) in [4.78, 5) is 0. The van der Waals surface area contributed by atoms with Crippen LogP contribution in [0, 0.1) is 6.42 Å². The van der Waals surface area contributed by atoms with E-state index in [2.05, 4.69) is 6.42 Å². The Morgan fingerprint density at radius 2 is 1.47 bits per heavy atom. The van der Waals surface area contributed by atoms with Gasteiger partial charge in [-0.2, -0.15) is 0 Å². The highest BCUT2D eigenvalue weighted by atomic mass is 35.5. The van der Waals surface area contributed by atoms with Crippen LogP contribution in [0.2, 0.25) is 10.0 Å². The van der Waals surface area contributed by atoms with Gasteiger partial charge in [-0.25, -0.2) is 0 Å². The predicted octanol–water partition coefficient (Wildman–Crippen LogP) is 4.59. The van der Waals surface area contributed by atoms with Crippen molar-refractivity contribution in [3.8, 4) is 0 Å². The van der Waals surface area contributed by atoms with Crippen molar-refractivity contribution in [1.82, 2.24) is 0 Å². The van der Waals surface area contributed by atoms with Crippen molar-refractivity contribution in [3.63, 3.8) is 0 Å². The SMILES string of the molecule is Clc1ccc([CH]c2ccccc2)cc1Cl. The maximum absolute atomic E-state index is 5.93. The third-order valence-corrected chi connectivity index (χ3v) is 2.82. The van der Waals surface area contributed by atoms with E-state index in [4.69, 9.17) is 23.2 Å². The lowest BCUT2D eigenvalue weighted by atomic mass is 10.1. The molecule has 0 N–H and O–H groups in total. The van der Waals surface area contributed by atoms with Gasteiger partial charge in [-0.3, -0.25) is 0 Å². The maximum Gasteiger partial charge on any atom is 0.0595 e. The Kier molecular flexibility index (Phi) is 3.30. The molecule has 0 heterocycles. The van der Waals surface area contributed by atoms with Gasteiger partial charge in [0.25, 0.3) is 0 Å². The zero-order chi connectivity index (χ0) is 10.7. The first-order valence-corrected chi connectivity index (χ1v) is 5.36. The highest BCUT2D eigenvalue weighted by Crippen LogP contribution is 2.24. The Morgan fingerprint density at radius 3 is 2.13 bits per heavy atom. The van der Waals surface area contributed by atoms with Gasteiger partial charge in [0.1, 0.15) is 0 Å². The standard InChI is InChI=1S/C13H9Cl2/c14-12-7-6-11(9-13(12)15)8-10-4-2-1-3-5-10/h1-9H. The van der Waals surface area contributed by atoms with Crippen LogP contribution in [0.25, 0.3) is 0 Å². The van der Waals surface area contributed by atoms with Crippen LogP contribution >= 0.6 is 23.2 Å². The van der Waals surface area contributed by atoms with E-state index in [9.17, 15) is 0 Å². The highest BCUT2D eigenvalue weighted by Gasteiger charge is 2.00. The largest absolute Gasteiger partial charge is 0.0827 e. The summed E-state index contributed by atoms with van der Waals surface area (Å²) in [7, 11) is 0. The monoisotopic (exact) mass is 235 g/mol. The van der Waals surface area contributed by atoms with Gasteiger partial charge in [0.05, 0.1) is 10.0 Å². The van der Waals surface area contributed by atoms with Crippen LogP contribution in [0.1, 0.15) is 11.1 Å². The molecule has 0 unspecified atom stereocenters. The van der Waals surface area contributed by atoms with Crippen LogP contribution in [0.3, 0.4) is 0 Å². The molecule has 1 radical (unpaired) electrons. The third kappa shape index (κ3) is 2.74. The first-order chi connectivity index (χ1) is 7.25. The lowest BCUT2D eigenvalue weighted by Crippen LogP contribution is -1.84. The molecule has 0 aliphatic heterocycles. The topological polar surface area (TPSA) is 0 Å². The summed E-state index contributed by atoms with van der Waals surface area (Å²) in [5.41, 5.74) is 2.20. The summed E-state index contributed by atoms with van der Waals surface area (Å²) in [6.07, 6.45) is 2.06. The van der Waals surface area contributed by atoms with Gasteiger partial charge in [0, 0.05) is 6.42 Å². The Hall–Kier alpha value is -0.980. The molecule has 2 aromatic rings. The second-order valence-electron chi connectivity index (χ2n) is 3.23. The Bertz CT molecular complexity index is 449. The fourth-order valence-corrected chi connectivity index (χ4v) is 1.65. The van der Waals surface area contributed by atoms with Crippen molar-refractivity contribution in [1.29, 1.82) is 0 Å². The lowest BCUT2D eigenvalue weighted by molar-refractivity contribution is 1.43. The minimum absolute atomic E-state index is 0.585. The van der Waals surface area contributed by atoms with Gasteiger partial charge in [-0.15, -0.1) is 0 Å². The van der Waals surface area contributed by atoms with Crippen molar-refractivity contribution in [2.45, 2.75) is 0 Å². The van der Waals surface area contributed by atoms with Crippen molar-refractivity contribution in [3.05, 3.63) is 76.1 Å². The zero-order valence-electron chi connectivity index (χ0n) is 7.95. The summed E-state index contributed by atoms with van der Waals surface area (Å²) in [6.45, 7) is 0. The third-order valence-electron chi connectivity index (χ3n) is 2.08. The molecule has 0 spiro atoms. The molecule has 0 aliphatic rings. The molecule has 75 valence electrons. The van der Waals surface area contributed by atoms with E-state index in [0.717, 1.165) is 11.1 Å². The van der Waals surface area contributed by atoms with Crippen LogP contribution in [0.5, 0.6) is 0 Å². The molecule has 0 saturated carbocycles. The second-order valence-corrected chi connectivity index (χ2v) is 4.04. The Balaban J connectivity index is 2.22. The summed E-state index contributed by atoms with van der Waals surface area (Å²) in [5, 5.41) is 1.17. The molecule has 15 heavy (non-hydrogen) atoms. The van der Waals surface area contributed by atoms with Crippen LogP contribution in [-0.4, -0.2) is 0 Å². The average Bonchev–Trinajstić information content (AvgIpc) is 2.25. The summed E-state index contributed by atoms with van der Waals surface area (Å²) >= 11 is 11.8. The molecule has 2 heteroatoms. The molecule has 2 aromatic carbocycles. The number of hydrogen-bond donors (Lipinski definition) is 0. The van der Waals surface area contributed by atoms with Gasteiger partial charge in [-0.05, 0) is 23.3 Å². The van der Waals surface area contributed by atoms with Gasteiger partial charge in [0.2, 0.25) is 0 Å². The molecule has 0 saturated heterocycles. The van der Waals surface area contributed by atoms with E-state index in [1.165, 1.54) is 0 Å². The average molecular weight is 236 g/mol. The molecule has 0 fully saturated rings. The van der Waals surface area contributed by atoms with Crippen molar-refractivity contribution < 1.29 is 0 Å². The highest BCUT2D eigenvalue weighted by molar-refractivity contribution is 6.42. The van der Waals surface area contributed by atoms with Gasteiger partial charge in [0.15, 0.2) is 0 Å². The number of rotatable bonds is 2. The van der Waals surface area contributed by atoms with Gasteiger partial charge in [-0.1, -0.05) is 59.6 Å². The van der Waals surface area contributed by atoms with E-state index in [1.54, 1.807) is 6.07 Å². The first kappa shape index (κ1) is 10.5. The molecular formula is C13H9Cl2. The van der Waals surface area contributed by atoms with E-state index < -0.39 is 0 Å². The van der Waals surface area contributed by atoms with Gasteiger partial charge < -0.3 is 0 Å². The van der Waals surface area contributed by atoms with Crippen molar-refractivity contribution in [2.24, 2.45) is 0 Å². The summed E-state index contributed by atoms with van der Waals surface area (Å²) < 4.78 is 0. The number of hydrogen-bond acceptors (Lipinski definition) is 0. The number of benzene rings is 2. The number of halogens is 2. The molecule has 0 aromatic heterocycles. The predicted molar refractivity (Wildman–Crippen MR) is 65.4 cm³/mol. The minimum atomic E-state index is 0.585. The Morgan fingerprint density at radius 1 is 0.733 bits per heavy atom.